The van der Waals surface area contributed by atoms with Crippen molar-refractivity contribution >= 4 is 35.6 Å². The van der Waals surface area contributed by atoms with Gasteiger partial charge in [-0.25, -0.2) is 0 Å². The Morgan fingerprint density at radius 1 is 1.40 bits per heavy atom. The lowest BCUT2D eigenvalue weighted by Crippen LogP contribution is -2.26. The summed E-state index contributed by atoms with van der Waals surface area (Å²) in [6, 6.07) is 3.60. The molecule has 0 aliphatic carbocycles. The molecule has 0 spiro atoms. The van der Waals surface area contributed by atoms with Crippen molar-refractivity contribution in [2.75, 3.05) is 19.8 Å². The van der Waals surface area contributed by atoms with Gasteiger partial charge in [0, 0.05) is 30.3 Å². The Kier molecular flexibility index (Phi) is 8.00. The Hall–Kier alpha value is -0.190. The Bertz CT molecular complexity index is 423. The lowest BCUT2D eigenvalue weighted by molar-refractivity contribution is 0.110. The van der Waals surface area contributed by atoms with Crippen molar-refractivity contribution in [1.82, 2.24) is 5.32 Å². The third-order valence-corrected chi connectivity index (χ3v) is 3.58. The van der Waals surface area contributed by atoms with E-state index in [2.05, 4.69) is 5.32 Å². The molecule has 1 aliphatic heterocycles. The molecule has 1 N–H and O–H groups in total. The second kappa shape index (κ2) is 8.96. The Balaban J connectivity index is 0.00000200. The van der Waals surface area contributed by atoms with Gasteiger partial charge in [0.15, 0.2) is 0 Å². The van der Waals surface area contributed by atoms with Crippen LogP contribution >= 0.6 is 35.6 Å². The fourth-order valence-electron chi connectivity index (χ4n) is 2.22. The van der Waals surface area contributed by atoms with Crippen molar-refractivity contribution in [1.29, 1.82) is 0 Å². The van der Waals surface area contributed by atoms with Crippen LogP contribution in [0.5, 0.6) is 5.75 Å². The fraction of sp³-hybridized carbons (Fsp3) is 0.571. The molecule has 2 rings (SSSR count). The van der Waals surface area contributed by atoms with Gasteiger partial charge in [-0.1, -0.05) is 23.2 Å². The molecule has 0 amide bonds. The van der Waals surface area contributed by atoms with Crippen LogP contribution in [0, 0.1) is 0 Å². The standard InChI is InChI=1S/C14H19Cl2NO2.ClH/c1-2-18-14-10(6-11(15)7-13(14)16)8-17-9-12-4-3-5-19-12;/h6-7,12,17H,2-5,8-9H2,1H3;1H. The first-order valence-electron chi connectivity index (χ1n) is 6.63. The molecule has 3 nitrogen and oxygen atoms in total. The van der Waals surface area contributed by atoms with Crippen LogP contribution in [0.15, 0.2) is 12.1 Å². The zero-order valence-electron chi connectivity index (χ0n) is 11.5. The average Bonchev–Trinajstić information content (AvgIpc) is 2.86. The van der Waals surface area contributed by atoms with Crippen LogP contribution in [0.1, 0.15) is 25.3 Å². The highest BCUT2D eigenvalue weighted by molar-refractivity contribution is 6.35. The number of hydrogen-bond acceptors (Lipinski definition) is 3. The molecule has 1 fully saturated rings. The van der Waals surface area contributed by atoms with E-state index in [1.807, 2.05) is 13.0 Å². The topological polar surface area (TPSA) is 30.5 Å². The Morgan fingerprint density at radius 3 is 2.85 bits per heavy atom. The first-order valence-corrected chi connectivity index (χ1v) is 7.39. The molecule has 114 valence electrons. The van der Waals surface area contributed by atoms with Gasteiger partial charge in [0.2, 0.25) is 0 Å². The van der Waals surface area contributed by atoms with Crippen molar-refractivity contribution < 1.29 is 9.47 Å². The third kappa shape index (κ3) is 4.97. The van der Waals surface area contributed by atoms with Gasteiger partial charge in [-0.15, -0.1) is 12.4 Å². The molecular weight excluding hydrogens is 321 g/mol. The maximum absolute atomic E-state index is 6.16. The molecule has 1 aromatic carbocycles. The van der Waals surface area contributed by atoms with Gasteiger partial charge in [0.1, 0.15) is 5.75 Å². The highest BCUT2D eigenvalue weighted by atomic mass is 35.5. The van der Waals surface area contributed by atoms with Crippen LogP contribution in [-0.4, -0.2) is 25.9 Å². The van der Waals surface area contributed by atoms with E-state index in [0.717, 1.165) is 31.6 Å². The van der Waals surface area contributed by atoms with Crippen molar-refractivity contribution in [3.63, 3.8) is 0 Å². The van der Waals surface area contributed by atoms with Crippen LogP contribution in [-0.2, 0) is 11.3 Å². The van der Waals surface area contributed by atoms with E-state index in [4.69, 9.17) is 32.7 Å². The lowest BCUT2D eigenvalue weighted by atomic mass is 10.2. The molecule has 1 atom stereocenters. The van der Waals surface area contributed by atoms with Crippen molar-refractivity contribution in [3.05, 3.63) is 27.7 Å². The molecule has 1 saturated heterocycles. The number of rotatable bonds is 6. The van der Waals surface area contributed by atoms with Gasteiger partial charge in [-0.05, 0) is 31.9 Å². The molecule has 0 aromatic heterocycles. The second-order valence-corrected chi connectivity index (χ2v) is 5.42. The molecule has 0 saturated carbocycles. The predicted molar refractivity (Wildman–Crippen MR) is 85.6 cm³/mol. The Labute approximate surface area is 136 Å². The first-order chi connectivity index (χ1) is 9.20. The lowest BCUT2D eigenvalue weighted by Gasteiger charge is -2.15. The summed E-state index contributed by atoms with van der Waals surface area (Å²) in [6.45, 7) is 4.92. The molecule has 1 aliphatic rings. The summed E-state index contributed by atoms with van der Waals surface area (Å²) < 4.78 is 11.2. The maximum atomic E-state index is 6.16. The smallest absolute Gasteiger partial charge is 0.142 e. The minimum atomic E-state index is 0. The zero-order chi connectivity index (χ0) is 13.7. The van der Waals surface area contributed by atoms with Gasteiger partial charge in [0.05, 0.1) is 17.7 Å². The zero-order valence-corrected chi connectivity index (χ0v) is 13.8. The summed E-state index contributed by atoms with van der Waals surface area (Å²) >= 11 is 12.2. The van der Waals surface area contributed by atoms with E-state index in [1.165, 1.54) is 0 Å². The van der Waals surface area contributed by atoms with E-state index >= 15 is 0 Å². The third-order valence-electron chi connectivity index (χ3n) is 3.09. The summed E-state index contributed by atoms with van der Waals surface area (Å²) in [5, 5.41) is 4.56. The summed E-state index contributed by atoms with van der Waals surface area (Å²) in [5.41, 5.74) is 0.984. The quantitative estimate of drug-likeness (QED) is 0.846. The van der Waals surface area contributed by atoms with E-state index in [-0.39, 0.29) is 12.4 Å². The predicted octanol–water partition coefficient (Wildman–Crippen LogP) is 4.08. The molecular formula is C14H20Cl3NO2. The minimum Gasteiger partial charge on any atom is -0.492 e. The minimum absolute atomic E-state index is 0. The highest BCUT2D eigenvalue weighted by Crippen LogP contribution is 2.32. The van der Waals surface area contributed by atoms with Crippen LogP contribution < -0.4 is 10.1 Å². The summed E-state index contributed by atoms with van der Waals surface area (Å²) in [4.78, 5) is 0. The number of halogens is 3. The van der Waals surface area contributed by atoms with Crippen molar-refractivity contribution in [2.24, 2.45) is 0 Å². The summed E-state index contributed by atoms with van der Waals surface area (Å²) in [6.07, 6.45) is 2.60. The SMILES string of the molecule is CCOc1c(Cl)cc(Cl)cc1CNCC1CCCO1.Cl. The molecule has 1 unspecified atom stereocenters. The first kappa shape index (κ1) is 17.9. The number of hydrogen-bond donors (Lipinski definition) is 1. The molecule has 6 heteroatoms. The van der Waals surface area contributed by atoms with E-state index in [9.17, 15) is 0 Å². The largest absolute Gasteiger partial charge is 0.492 e. The van der Waals surface area contributed by atoms with Gasteiger partial charge in [-0.2, -0.15) is 0 Å². The summed E-state index contributed by atoms with van der Waals surface area (Å²) in [5.74, 6) is 0.716. The molecule has 0 bridgehead atoms. The van der Waals surface area contributed by atoms with Gasteiger partial charge >= 0.3 is 0 Å². The molecule has 1 heterocycles. The van der Waals surface area contributed by atoms with Crippen molar-refractivity contribution in [3.8, 4) is 5.75 Å². The van der Waals surface area contributed by atoms with E-state index < -0.39 is 0 Å². The summed E-state index contributed by atoms with van der Waals surface area (Å²) in [7, 11) is 0. The van der Waals surface area contributed by atoms with Crippen LogP contribution in [0.2, 0.25) is 10.0 Å². The number of nitrogens with one attached hydrogen (secondary N) is 1. The maximum Gasteiger partial charge on any atom is 0.142 e. The second-order valence-electron chi connectivity index (χ2n) is 4.57. The Morgan fingerprint density at radius 2 is 2.20 bits per heavy atom. The molecule has 20 heavy (non-hydrogen) atoms. The van der Waals surface area contributed by atoms with Gasteiger partial charge in [0.25, 0.3) is 0 Å². The van der Waals surface area contributed by atoms with E-state index in [1.54, 1.807) is 6.07 Å². The van der Waals surface area contributed by atoms with Crippen LogP contribution in [0.25, 0.3) is 0 Å². The number of benzene rings is 1. The molecule has 1 aromatic rings. The highest BCUT2D eigenvalue weighted by Gasteiger charge is 2.15. The molecule has 0 radical (unpaired) electrons. The van der Waals surface area contributed by atoms with Gasteiger partial charge < -0.3 is 14.8 Å². The average molecular weight is 341 g/mol. The number of ether oxygens (including phenoxy) is 2. The van der Waals surface area contributed by atoms with Crippen LogP contribution in [0.4, 0.5) is 0 Å². The van der Waals surface area contributed by atoms with E-state index in [0.29, 0.717) is 35.1 Å². The normalized spacial score (nSPS) is 17.9. The van der Waals surface area contributed by atoms with Crippen LogP contribution in [0.3, 0.4) is 0 Å². The fourth-order valence-corrected chi connectivity index (χ4v) is 2.81. The monoisotopic (exact) mass is 339 g/mol. The van der Waals surface area contributed by atoms with Crippen molar-refractivity contribution in [2.45, 2.75) is 32.4 Å². The van der Waals surface area contributed by atoms with Gasteiger partial charge in [-0.3, -0.25) is 0 Å².